The van der Waals surface area contributed by atoms with E-state index in [1.807, 2.05) is 13.0 Å². The Morgan fingerprint density at radius 2 is 2.05 bits per heavy atom. The molecule has 0 bridgehead atoms. The normalized spacial score (nSPS) is 16.7. The fraction of sp³-hybridized carbons (Fsp3) is 0.647. The van der Waals surface area contributed by atoms with Crippen LogP contribution in [0.4, 0.5) is 10.1 Å². The van der Waals surface area contributed by atoms with Crippen molar-refractivity contribution in [3.05, 3.63) is 29.6 Å². The van der Waals surface area contributed by atoms with Crippen molar-refractivity contribution in [1.82, 2.24) is 5.32 Å². The van der Waals surface area contributed by atoms with Crippen LogP contribution in [0.15, 0.2) is 18.2 Å². The van der Waals surface area contributed by atoms with Gasteiger partial charge in [-0.05, 0) is 31.9 Å². The minimum absolute atomic E-state index is 0.118. The summed E-state index contributed by atoms with van der Waals surface area (Å²) in [6.45, 7) is 9.40. The Kier molecular flexibility index (Phi) is 6.00. The summed E-state index contributed by atoms with van der Waals surface area (Å²) in [6, 6.07) is 5.73. The molecule has 0 aromatic heterocycles. The molecule has 1 aliphatic heterocycles. The van der Waals surface area contributed by atoms with Gasteiger partial charge in [0.2, 0.25) is 0 Å². The molecule has 1 aromatic carbocycles. The number of anilines is 1. The highest BCUT2D eigenvalue weighted by Crippen LogP contribution is 2.27. The van der Waals surface area contributed by atoms with Gasteiger partial charge in [-0.15, -0.1) is 0 Å². The standard InChI is InChI=1S/C17H27FN2O/c1-4-21-14-8-10-20(11-9-14)17-7-5-6-16(18)15(17)12-19-13(2)3/h5-7,13-14,19H,4,8-12H2,1-3H3. The average molecular weight is 294 g/mol. The SMILES string of the molecule is CCOC1CCN(c2cccc(F)c2CNC(C)C)CC1. The highest BCUT2D eigenvalue weighted by atomic mass is 19.1. The van der Waals surface area contributed by atoms with Crippen LogP contribution >= 0.6 is 0 Å². The first-order valence-corrected chi connectivity index (χ1v) is 7.99. The van der Waals surface area contributed by atoms with Crippen LogP contribution in [0.3, 0.4) is 0 Å². The molecule has 4 heteroatoms. The number of benzene rings is 1. The number of ether oxygens (including phenoxy) is 1. The Labute approximate surface area is 127 Å². The number of hydrogen-bond donors (Lipinski definition) is 1. The summed E-state index contributed by atoms with van der Waals surface area (Å²) in [6.07, 6.45) is 2.39. The molecule has 0 radical (unpaired) electrons. The lowest BCUT2D eigenvalue weighted by Gasteiger charge is -2.34. The van der Waals surface area contributed by atoms with Crippen molar-refractivity contribution >= 4 is 5.69 Å². The lowest BCUT2D eigenvalue weighted by Crippen LogP contribution is -2.38. The highest BCUT2D eigenvalue weighted by Gasteiger charge is 2.22. The summed E-state index contributed by atoms with van der Waals surface area (Å²) in [7, 11) is 0. The van der Waals surface area contributed by atoms with Crippen molar-refractivity contribution in [2.24, 2.45) is 0 Å². The fourth-order valence-corrected chi connectivity index (χ4v) is 2.82. The number of piperidine rings is 1. The second-order valence-corrected chi connectivity index (χ2v) is 5.91. The van der Waals surface area contributed by atoms with Crippen molar-refractivity contribution < 1.29 is 9.13 Å². The maximum atomic E-state index is 14.2. The molecule has 0 aliphatic carbocycles. The van der Waals surface area contributed by atoms with E-state index < -0.39 is 0 Å². The summed E-state index contributed by atoms with van der Waals surface area (Å²) < 4.78 is 19.8. The van der Waals surface area contributed by atoms with Gasteiger partial charge in [0.25, 0.3) is 0 Å². The Bertz CT molecular complexity index is 442. The summed E-state index contributed by atoms with van der Waals surface area (Å²) in [5, 5.41) is 3.32. The molecule has 1 N–H and O–H groups in total. The molecule has 1 aliphatic rings. The van der Waals surface area contributed by atoms with Crippen molar-refractivity contribution in [3.63, 3.8) is 0 Å². The van der Waals surface area contributed by atoms with Crippen LogP contribution in [0, 0.1) is 5.82 Å². The van der Waals surface area contributed by atoms with E-state index in [2.05, 4.69) is 24.1 Å². The van der Waals surface area contributed by atoms with Gasteiger partial charge in [0.05, 0.1) is 6.10 Å². The van der Waals surface area contributed by atoms with E-state index in [9.17, 15) is 4.39 Å². The zero-order valence-corrected chi connectivity index (χ0v) is 13.4. The molecular formula is C17H27FN2O. The molecule has 0 unspecified atom stereocenters. The van der Waals surface area contributed by atoms with E-state index in [4.69, 9.17) is 4.74 Å². The Morgan fingerprint density at radius 3 is 2.67 bits per heavy atom. The molecule has 1 fully saturated rings. The maximum Gasteiger partial charge on any atom is 0.129 e. The molecule has 3 nitrogen and oxygen atoms in total. The minimum Gasteiger partial charge on any atom is -0.378 e. The van der Waals surface area contributed by atoms with Gasteiger partial charge in [-0.25, -0.2) is 4.39 Å². The minimum atomic E-state index is -0.118. The number of nitrogens with one attached hydrogen (secondary N) is 1. The first kappa shape index (κ1) is 16.2. The number of hydrogen-bond acceptors (Lipinski definition) is 3. The van der Waals surface area contributed by atoms with Gasteiger partial charge >= 0.3 is 0 Å². The van der Waals surface area contributed by atoms with Gasteiger partial charge in [0.15, 0.2) is 0 Å². The van der Waals surface area contributed by atoms with E-state index in [0.717, 1.165) is 43.8 Å². The van der Waals surface area contributed by atoms with Crippen LogP contribution in [0.2, 0.25) is 0 Å². The van der Waals surface area contributed by atoms with Crippen molar-refractivity contribution in [1.29, 1.82) is 0 Å². The van der Waals surface area contributed by atoms with Gasteiger partial charge in [-0.1, -0.05) is 19.9 Å². The van der Waals surface area contributed by atoms with Crippen LogP contribution in [-0.2, 0) is 11.3 Å². The molecule has 0 spiro atoms. The molecule has 21 heavy (non-hydrogen) atoms. The van der Waals surface area contributed by atoms with Gasteiger partial charge in [0.1, 0.15) is 5.82 Å². The quantitative estimate of drug-likeness (QED) is 0.871. The Balaban J connectivity index is 2.07. The average Bonchev–Trinajstić information content (AvgIpc) is 2.47. The van der Waals surface area contributed by atoms with Crippen LogP contribution in [0.25, 0.3) is 0 Å². The van der Waals surface area contributed by atoms with Crippen LogP contribution in [0.5, 0.6) is 0 Å². The molecule has 2 rings (SSSR count). The lowest BCUT2D eigenvalue weighted by molar-refractivity contribution is 0.0459. The Hall–Kier alpha value is -1.13. The third-order valence-corrected chi connectivity index (χ3v) is 3.97. The first-order chi connectivity index (χ1) is 10.1. The van der Waals surface area contributed by atoms with Crippen LogP contribution in [0.1, 0.15) is 39.2 Å². The van der Waals surface area contributed by atoms with Gasteiger partial charge in [-0.3, -0.25) is 0 Å². The van der Waals surface area contributed by atoms with Gasteiger partial charge in [-0.2, -0.15) is 0 Å². The van der Waals surface area contributed by atoms with Crippen molar-refractivity contribution in [2.45, 2.75) is 52.3 Å². The largest absolute Gasteiger partial charge is 0.378 e. The molecule has 0 saturated carbocycles. The number of halogens is 1. The topological polar surface area (TPSA) is 24.5 Å². The smallest absolute Gasteiger partial charge is 0.129 e. The lowest BCUT2D eigenvalue weighted by atomic mass is 10.0. The predicted octanol–water partition coefficient (Wildman–Crippen LogP) is 3.33. The van der Waals surface area contributed by atoms with Crippen molar-refractivity contribution in [3.8, 4) is 0 Å². The summed E-state index contributed by atoms with van der Waals surface area (Å²) in [5.74, 6) is -0.118. The third kappa shape index (κ3) is 4.42. The third-order valence-electron chi connectivity index (χ3n) is 3.97. The summed E-state index contributed by atoms with van der Waals surface area (Å²) in [5.41, 5.74) is 1.80. The van der Waals surface area contributed by atoms with Gasteiger partial charge in [0, 0.05) is 43.5 Å². The van der Waals surface area contributed by atoms with Crippen LogP contribution in [-0.4, -0.2) is 31.8 Å². The maximum absolute atomic E-state index is 14.2. The predicted molar refractivity (Wildman–Crippen MR) is 85.2 cm³/mol. The second kappa shape index (κ2) is 7.76. The zero-order chi connectivity index (χ0) is 15.2. The number of rotatable bonds is 6. The zero-order valence-electron chi connectivity index (χ0n) is 13.4. The Morgan fingerprint density at radius 1 is 1.33 bits per heavy atom. The molecule has 1 saturated heterocycles. The molecule has 0 atom stereocenters. The molecule has 1 aromatic rings. The van der Waals surface area contributed by atoms with Gasteiger partial charge < -0.3 is 15.0 Å². The molecule has 0 amide bonds. The van der Waals surface area contributed by atoms with Crippen molar-refractivity contribution in [2.75, 3.05) is 24.6 Å². The monoisotopic (exact) mass is 294 g/mol. The number of nitrogens with zero attached hydrogens (tertiary/aromatic N) is 1. The summed E-state index contributed by atoms with van der Waals surface area (Å²) >= 11 is 0. The van der Waals surface area contributed by atoms with E-state index >= 15 is 0 Å². The first-order valence-electron chi connectivity index (χ1n) is 7.99. The molecule has 118 valence electrons. The molecular weight excluding hydrogens is 267 g/mol. The fourth-order valence-electron chi connectivity index (χ4n) is 2.82. The van der Waals surface area contributed by atoms with E-state index in [0.29, 0.717) is 18.7 Å². The van der Waals surface area contributed by atoms with E-state index in [1.165, 1.54) is 0 Å². The van der Waals surface area contributed by atoms with E-state index in [-0.39, 0.29) is 5.82 Å². The molecule has 1 heterocycles. The second-order valence-electron chi connectivity index (χ2n) is 5.91. The summed E-state index contributed by atoms with van der Waals surface area (Å²) in [4.78, 5) is 2.29. The van der Waals surface area contributed by atoms with E-state index in [1.54, 1.807) is 12.1 Å². The van der Waals surface area contributed by atoms with Crippen LogP contribution < -0.4 is 10.2 Å². The highest BCUT2D eigenvalue weighted by molar-refractivity contribution is 5.54.